The summed E-state index contributed by atoms with van der Waals surface area (Å²) in [6, 6.07) is 5.75. The van der Waals surface area contributed by atoms with Crippen LogP contribution in [0, 0.1) is 18.7 Å². The molecule has 0 bridgehead atoms. The van der Waals surface area contributed by atoms with E-state index in [1.54, 1.807) is 13.0 Å². The molecule has 2 rings (SSSR count). The van der Waals surface area contributed by atoms with E-state index in [1.807, 2.05) is 12.1 Å². The molecule has 0 aliphatic carbocycles. The molecule has 1 aromatic rings. The molecule has 0 amide bonds. The van der Waals surface area contributed by atoms with E-state index in [0.717, 1.165) is 31.6 Å². The zero-order valence-corrected chi connectivity index (χ0v) is 10.6. The lowest BCUT2D eigenvalue weighted by molar-refractivity contribution is 0.158. The molecule has 2 atom stereocenters. The molecule has 2 nitrogen and oxygen atoms in total. The number of benzene rings is 1. The maximum atomic E-state index is 13.4. The van der Waals surface area contributed by atoms with Crippen molar-refractivity contribution in [1.29, 1.82) is 0 Å². The van der Waals surface area contributed by atoms with Gasteiger partial charge in [-0.25, -0.2) is 4.39 Å². The SMILES string of the molecule is Cc1ccc(CN2CC(C)CC(N)C2)cc1F. The molecule has 1 aromatic carbocycles. The highest BCUT2D eigenvalue weighted by atomic mass is 19.1. The Kier molecular flexibility index (Phi) is 3.79. The minimum atomic E-state index is -0.114. The van der Waals surface area contributed by atoms with Crippen molar-refractivity contribution in [1.82, 2.24) is 4.90 Å². The van der Waals surface area contributed by atoms with Crippen LogP contribution < -0.4 is 5.73 Å². The molecule has 94 valence electrons. The number of aryl methyl sites for hydroxylation is 1. The Labute approximate surface area is 103 Å². The number of likely N-dealkylation sites (tertiary alicyclic amines) is 1. The van der Waals surface area contributed by atoms with Crippen molar-refractivity contribution >= 4 is 0 Å². The van der Waals surface area contributed by atoms with Crippen LogP contribution in [-0.2, 0) is 6.54 Å². The van der Waals surface area contributed by atoms with Gasteiger partial charge in [0.05, 0.1) is 0 Å². The van der Waals surface area contributed by atoms with E-state index in [1.165, 1.54) is 0 Å². The lowest BCUT2D eigenvalue weighted by Crippen LogP contribution is -2.45. The summed E-state index contributed by atoms with van der Waals surface area (Å²) in [6.07, 6.45) is 1.10. The minimum Gasteiger partial charge on any atom is -0.327 e. The summed E-state index contributed by atoms with van der Waals surface area (Å²) in [4.78, 5) is 2.32. The van der Waals surface area contributed by atoms with Gasteiger partial charge in [0.2, 0.25) is 0 Å². The van der Waals surface area contributed by atoms with E-state index < -0.39 is 0 Å². The van der Waals surface area contributed by atoms with Gasteiger partial charge in [0.1, 0.15) is 5.82 Å². The summed E-state index contributed by atoms with van der Waals surface area (Å²) in [5.74, 6) is 0.519. The van der Waals surface area contributed by atoms with Gasteiger partial charge < -0.3 is 5.73 Å². The third-order valence-corrected chi connectivity index (χ3v) is 3.41. The fourth-order valence-corrected chi connectivity index (χ4v) is 2.63. The van der Waals surface area contributed by atoms with E-state index in [2.05, 4.69) is 11.8 Å². The summed E-state index contributed by atoms with van der Waals surface area (Å²) in [7, 11) is 0. The highest BCUT2D eigenvalue weighted by Gasteiger charge is 2.22. The summed E-state index contributed by atoms with van der Waals surface area (Å²) in [6.45, 7) is 6.79. The number of rotatable bonds is 2. The molecule has 17 heavy (non-hydrogen) atoms. The highest BCUT2D eigenvalue weighted by molar-refractivity contribution is 5.23. The lowest BCUT2D eigenvalue weighted by atomic mass is 9.96. The fourth-order valence-electron chi connectivity index (χ4n) is 2.63. The molecule has 0 radical (unpaired) electrons. The number of nitrogens with zero attached hydrogens (tertiary/aromatic N) is 1. The Morgan fingerprint density at radius 2 is 2.18 bits per heavy atom. The maximum Gasteiger partial charge on any atom is 0.126 e. The molecule has 1 aliphatic heterocycles. The molecule has 0 spiro atoms. The molecular weight excluding hydrogens is 215 g/mol. The number of hydrogen-bond acceptors (Lipinski definition) is 2. The van der Waals surface area contributed by atoms with E-state index >= 15 is 0 Å². The van der Waals surface area contributed by atoms with Crippen molar-refractivity contribution < 1.29 is 4.39 Å². The van der Waals surface area contributed by atoms with Crippen LogP contribution in [0.15, 0.2) is 18.2 Å². The van der Waals surface area contributed by atoms with E-state index in [4.69, 9.17) is 5.73 Å². The molecule has 0 aromatic heterocycles. The van der Waals surface area contributed by atoms with Crippen molar-refractivity contribution in [2.75, 3.05) is 13.1 Å². The first-order valence-corrected chi connectivity index (χ1v) is 6.27. The van der Waals surface area contributed by atoms with Gasteiger partial charge in [-0.1, -0.05) is 19.1 Å². The molecular formula is C14H21FN2. The van der Waals surface area contributed by atoms with Crippen LogP contribution in [0.3, 0.4) is 0 Å². The second kappa shape index (κ2) is 5.15. The molecule has 3 heteroatoms. The number of halogens is 1. The summed E-state index contributed by atoms with van der Waals surface area (Å²) >= 11 is 0. The van der Waals surface area contributed by atoms with Gasteiger partial charge in [-0.05, 0) is 36.5 Å². The normalized spacial score (nSPS) is 26.1. The van der Waals surface area contributed by atoms with Gasteiger partial charge in [-0.3, -0.25) is 4.90 Å². The predicted molar refractivity (Wildman–Crippen MR) is 68.2 cm³/mol. The van der Waals surface area contributed by atoms with Crippen LogP contribution in [0.1, 0.15) is 24.5 Å². The van der Waals surface area contributed by atoms with Gasteiger partial charge in [0.15, 0.2) is 0 Å². The van der Waals surface area contributed by atoms with Crippen LogP contribution in [-0.4, -0.2) is 24.0 Å². The van der Waals surface area contributed by atoms with Crippen LogP contribution in [0.25, 0.3) is 0 Å². The second-order valence-electron chi connectivity index (χ2n) is 5.38. The third kappa shape index (κ3) is 3.27. The van der Waals surface area contributed by atoms with Crippen LogP contribution in [0.5, 0.6) is 0 Å². The Morgan fingerprint density at radius 1 is 1.41 bits per heavy atom. The topological polar surface area (TPSA) is 29.3 Å². The molecule has 2 unspecified atom stereocenters. The van der Waals surface area contributed by atoms with Crippen LogP contribution in [0.2, 0.25) is 0 Å². The zero-order valence-electron chi connectivity index (χ0n) is 10.6. The minimum absolute atomic E-state index is 0.114. The first-order chi connectivity index (χ1) is 8.04. The zero-order chi connectivity index (χ0) is 12.4. The monoisotopic (exact) mass is 236 g/mol. The molecule has 2 N–H and O–H groups in total. The Morgan fingerprint density at radius 3 is 2.82 bits per heavy atom. The van der Waals surface area contributed by atoms with Crippen molar-refractivity contribution in [3.05, 3.63) is 35.1 Å². The lowest BCUT2D eigenvalue weighted by Gasteiger charge is -2.34. The largest absolute Gasteiger partial charge is 0.327 e. The number of hydrogen-bond donors (Lipinski definition) is 1. The summed E-state index contributed by atoms with van der Waals surface area (Å²) < 4.78 is 13.4. The molecule has 1 heterocycles. The van der Waals surface area contributed by atoms with Crippen molar-refractivity contribution in [3.63, 3.8) is 0 Å². The fraction of sp³-hybridized carbons (Fsp3) is 0.571. The van der Waals surface area contributed by atoms with Gasteiger partial charge >= 0.3 is 0 Å². The summed E-state index contributed by atoms with van der Waals surface area (Å²) in [5.41, 5.74) is 7.75. The van der Waals surface area contributed by atoms with Gasteiger partial charge in [0, 0.05) is 25.7 Å². The standard InChI is InChI=1S/C14H21FN2/c1-10-5-13(16)9-17(7-10)8-12-4-3-11(2)14(15)6-12/h3-4,6,10,13H,5,7-9,16H2,1-2H3. The Hall–Kier alpha value is -0.930. The first kappa shape index (κ1) is 12.5. The second-order valence-corrected chi connectivity index (χ2v) is 5.38. The predicted octanol–water partition coefficient (Wildman–Crippen LogP) is 2.30. The van der Waals surface area contributed by atoms with Crippen LogP contribution >= 0.6 is 0 Å². The van der Waals surface area contributed by atoms with E-state index in [0.29, 0.717) is 11.5 Å². The highest BCUT2D eigenvalue weighted by Crippen LogP contribution is 2.18. The molecule has 1 saturated heterocycles. The maximum absolute atomic E-state index is 13.4. The third-order valence-electron chi connectivity index (χ3n) is 3.41. The average molecular weight is 236 g/mol. The summed E-state index contributed by atoms with van der Waals surface area (Å²) in [5, 5.41) is 0. The van der Waals surface area contributed by atoms with Crippen molar-refractivity contribution in [2.24, 2.45) is 11.7 Å². The molecule has 0 saturated carbocycles. The Bertz CT molecular complexity index is 382. The number of nitrogens with two attached hydrogens (primary N) is 1. The van der Waals surface area contributed by atoms with Crippen LogP contribution in [0.4, 0.5) is 4.39 Å². The Balaban J connectivity index is 2.02. The van der Waals surface area contributed by atoms with Crippen molar-refractivity contribution in [2.45, 2.75) is 32.9 Å². The van der Waals surface area contributed by atoms with Gasteiger partial charge in [0.25, 0.3) is 0 Å². The quantitative estimate of drug-likeness (QED) is 0.853. The van der Waals surface area contributed by atoms with Gasteiger partial charge in [-0.15, -0.1) is 0 Å². The molecule has 1 aliphatic rings. The van der Waals surface area contributed by atoms with Crippen molar-refractivity contribution in [3.8, 4) is 0 Å². The molecule has 1 fully saturated rings. The number of piperidine rings is 1. The van der Waals surface area contributed by atoms with E-state index in [-0.39, 0.29) is 11.9 Å². The van der Waals surface area contributed by atoms with E-state index in [9.17, 15) is 4.39 Å². The average Bonchev–Trinajstić information content (AvgIpc) is 2.22. The smallest absolute Gasteiger partial charge is 0.126 e. The van der Waals surface area contributed by atoms with Gasteiger partial charge in [-0.2, -0.15) is 0 Å². The first-order valence-electron chi connectivity index (χ1n) is 6.27.